The van der Waals surface area contributed by atoms with Gasteiger partial charge in [0.15, 0.2) is 5.58 Å². The molecule has 1 aromatic carbocycles. The van der Waals surface area contributed by atoms with Crippen molar-refractivity contribution in [3.05, 3.63) is 18.2 Å². The summed E-state index contributed by atoms with van der Waals surface area (Å²) in [4.78, 5) is 4.29. The lowest BCUT2D eigenvalue weighted by Crippen LogP contribution is -1.87. The van der Waals surface area contributed by atoms with Crippen LogP contribution in [0.25, 0.3) is 11.1 Å². The third-order valence-electron chi connectivity index (χ3n) is 1.86. The second kappa shape index (κ2) is 4.55. The molecule has 0 amide bonds. The number of thioether (sulfide) groups is 1. The maximum Gasteiger partial charge on any atom is 0.259 e. The van der Waals surface area contributed by atoms with Crippen LogP contribution >= 0.6 is 11.8 Å². The number of rotatable bonds is 4. The van der Waals surface area contributed by atoms with Crippen molar-refractivity contribution < 1.29 is 9.15 Å². The summed E-state index contributed by atoms with van der Waals surface area (Å²) in [6.45, 7) is 2.65. The molecule has 15 heavy (non-hydrogen) atoms. The zero-order valence-electron chi connectivity index (χ0n) is 8.40. The van der Waals surface area contributed by atoms with Gasteiger partial charge in [-0.1, -0.05) is 0 Å². The van der Waals surface area contributed by atoms with Crippen molar-refractivity contribution in [1.82, 2.24) is 4.98 Å². The van der Waals surface area contributed by atoms with Gasteiger partial charge in [-0.3, -0.25) is 0 Å². The van der Waals surface area contributed by atoms with Gasteiger partial charge in [0, 0.05) is 18.4 Å². The minimum absolute atomic E-state index is 0.554. The molecule has 0 bridgehead atoms. The van der Waals surface area contributed by atoms with E-state index in [9.17, 15) is 0 Å². The molecule has 5 heteroatoms. The van der Waals surface area contributed by atoms with Crippen LogP contribution in [0.15, 0.2) is 27.8 Å². The average Bonchev–Trinajstić information content (AvgIpc) is 2.60. The Balaban J connectivity index is 2.16. The van der Waals surface area contributed by atoms with E-state index < -0.39 is 0 Å². The second-order valence-corrected chi connectivity index (χ2v) is 3.84. The summed E-state index contributed by atoms with van der Waals surface area (Å²) in [7, 11) is 0. The highest BCUT2D eigenvalue weighted by Crippen LogP contribution is 2.24. The molecular formula is C10H12N2O2S. The van der Waals surface area contributed by atoms with Crippen LogP contribution < -0.4 is 5.73 Å². The molecule has 2 N–H and O–H groups in total. The van der Waals surface area contributed by atoms with Gasteiger partial charge >= 0.3 is 0 Å². The van der Waals surface area contributed by atoms with Crippen LogP contribution in [0.5, 0.6) is 0 Å². The molecule has 0 atom stereocenters. The highest BCUT2D eigenvalue weighted by molar-refractivity contribution is 7.98. The number of ether oxygens (including phenoxy) is 1. The van der Waals surface area contributed by atoms with Crippen LogP contribution in [0.1, 0.15) is 6.92 Å². The van der Waals surface area contributed by atoms with Gasteiger partial charge in [-0.05, 0) is 30.8 Å². The van der Waals surface area contributed by atoms with Crippen molar-refractivity contribution in [2.75, 3.05) is 18.3 Å². The van der Waals surface area contributed by atoms with Crippen LogP contribution in [0, 0.1) is 0 Å². The lowest BCUT2D eigenvalue weighted by atomic mass is 10.3. The summed E-state index contributed by atoms with van der Waals surface area (Å²) < 4.78 is 10.7. The van der Waals surface area contributed by atoms with Gasteiger partial charge in [-0.15, -0.1) is 0 Å². The van der Waals surface area contributed by atoms with Crippen molar-refractivity contribution in [2.24, 2.45) is 0 Å². The molecule has 2 rings (SSSR count). The Hall–Kier alpha value is -1.20. The normalized spacial score (nSPS) is 11.0. The summed E-state index contributed by atoms with van der Waals surface area (Å²) in [5, 5.41) is 0.615. The molecule has 0 radical (unpaired) electrons. The number of anilines is 1. The molecular weight excluding hydrogens is 212 g/mol. The quantitative estimate of drug-likeness (QED) is 0.374. The number of fused-ring (bicyclic) bond motifs is 1. The average molecular weight is 224 g/mol. The van der Waals surface area contributed by atoms with Crippen LogP contribution in [0.3, 0.4) is 0 Å². The van der Waals surface area contributed by atoms with Gasteiger partial charge in [0.1, 0.15) is 11.5 Å². The predicted molar refractivity (Wildman–Crippen MR) is 60.8 cm³/mol. The number of nitrogen functional groups attached to an aromatic ring is 1. The Labute approximate surface area is 91.8 Å². The number of benzene rings is 1. The number of hydrogen-bond donors (Lipinski definition) is 1. The van der Waals surface area contributed by atoms with E-state index in [0.717, 1.165) is 5.52 Å². The summed E-state index contributed by atoms with van der Waals surface area (Å²) in [5.41, 5.74) is 7.86. The number of nitrogens with two attached hydrogens (primary N) is 1. The van der Waals surface area contributed by atoms with E-state index in [1.165, 1.54) is 11.8 Å². The van der Waals surface area contributed by atoms with E-state index in [4.69, 9.17) is 14.9 Å². The van der Waals surface area contributed by atoms with Gasteiger partial charge < -0.3 is 14.9 Å². The molecule has 0 saturated heterocycles. The van der Waals surface area contributed by atoms with E-state index in [0.29, 0.717) is 29.0 Å². The Morgan fingerprint density at radius 1 is 1.53 bits per heavy atom. The highest BCUT2D eigenvalue weighted by Gasteiger charge is 2.05. The standard InChI is InChI=1S/C10H12N2O2S/c1-2-13-6-15-10-12-8-4-3-7(11)5-9(8)14-10/h3-5H,2,6,11H2,1H3. The number of hydrogen-bond acceptors (Lipinski definition) is 5. The van der Waals surface area contributed by atoms with Gasteiger partial charge in [0.05, 0.1) is 0 Å². The smallest absolute Gasteiger partial charge is 0.259 e. The minimum Gasteiger partial charge on any atom is -0.431 e. The SMILES string of the molecule is CCOCSc1nc2ccc(N)cc2o1. The summed E-state index contributed by atoms with van der Waals surface area (Å²) in [5.74, 6) is 0.554. The van der Waals surface area contributed by atoms with Gasteiger partial charge in [0.25, 0.3) is 5.22 Å². The summed E-state index contributed by atoms with van der Waals surface area (Å²) in [6, 6.07) is 5.42. The molecule has 2 aromatic rings. The third kappa shape index (κ3) is 2.43. The van der Waals surface area contributed by atoms with Crippen molar-refractivity contribution >= 4 is 28.5 Å². The first-order chi connectivity index (χ1) is 7.29. The minimum atomic E-state index is 0.554. The monoisotopic (exact) mass is 224 g/mol. The van der Waals surface area contributed by atoms with Gasteiger partial charge in [-0.25, -0.2) is 4.98 Å². The first-order valence-corrected chi connectivity index (χ1v) is 5.65. The van der Waals surface area contributed by atoms with E-state index in [2.05, 4.69) is 4.98 Å². The molecule has 0 spiro atoms. The number of oxazole rings is 1. The molecule has 1 aromatic heterocycles. The lowest BCUT2D eigenvalue weighted by Gasteiger charge is -1.94. The number of nitrogens with zero attached hydrogens (tertiary/aromatic N) is 1. The summed E-state index contributed by atoms with van der Waals surface area (Å²) >= 11 is 1.44. The molecule has 4 nitrogen and oxygen atoms in total. The second-order valence-electron chi connectivity index (χ2n) is 2.96. The van der Waals surface area contributed by atoms with Crippen molar-refractivity contribution in [3.63, 3.8) is 0 Å². The van der Waals surface area contributed by atoms with E-state index in [1.54, 1.807) is 6.07 Å². The first kappa shape index (κ1) is 10.3. The fourth-order valence-corrected chi connectivity index (χ4v) is 1.82. The molecule has 1 heterocycles. The van der Waals surface area contributed by atoms with Crippen LogP contribution in [-0.4, -0.2) is 17.5 Å². The summed E-state index contributed by atoms with van der Waals surface area (Å²) in [6.07, 6.45) is 0. The fraction of sp³-hybridized carbons (Fsp3) is 0.300. The van der Waals surface area contributed by atoms with Crippen LogP contribution in [0.4, 0.5) is 5.69 Å². The molecule has 0 unspecified atom stereocenters. The Morgan fingerprint density at radius 3 is 3.20 bits per heavy atom. The van der Waals surface area contributed by atoms with Crippen LogP contribution in [0.2, 0.25) is 0 Å². The van der Waals surface area contributed by atoms with E-state index in [1.807, 2.05) is 19.1 Å². The van der Waals surface area contributed by atoms with Crippen LogP contribution in [-0.2, 0) is 4.74 Å². The molecule has 0 fully saturated rings. The molecule has 0 saturated carbocycles. The topological polar surface area (TPSA) is 61.3 Å². The van der Waals surface area contributed by atoms with Gasteiger partial charge in [0.2, 0.25) is 0 Å². The highest BCUT2D eigenvalue weighted by atomic mass is 32.2. The maximum absolute atomic E-state index is 5.64. The third-order valence-corrected chi connectivity index (χ3v) is 2.57. The molecule has 80 valence electrons. The molecule has 0 aliphatic carbocycles. The van der Waals surface area contributed by atoms with Crippen molar-refractivity contribution in [3.8, 4) is 0 Å². The van der Waals surface area contributed by atoms with E-state index in [-0.39, 0.29) is 0 Å². The van der Waals surface area contributed by atoms with Gasteiger partial charge in [-0.2, -0.15) is 0 Å². The van der Waals surface area contributed by atoms with Crippen molar-refractivity contribution in [2.45, 2.75) is 12.1 Å². The lowest BCUT2D eigenvalue weighted by molar-refractivity contribution is 0.198. The number of aromatic nitrogens is 1. The Kier molecular flexibility index (Phi) is 3.13. The molecule has 0 aliphatic heterocycles. The van der Waals surface area contributed by atoms with Crippen molar-refractivity contribution in [1.29, 1.82) is 0 Å². The zero-order chi connectivity index (χ0) is 10.7. The maximum atomic E-state index is 5.64. The van der Waals surface area contributed by atoms with E-state index >= 15 is 0 Å². The predicted octanol–water partition coefficient (Wildman–Crippen LogP) is 2.50. The largest absolute Gasteiger partial charge is 0.431 e. The Morgan fingerprint density at radius 2 is 2.40 bits per heavy atom. The zero-order valence-corrected chi connectivity index (χ0v) is 9.21. The fourth-order valence-electron chi connectivity index (χ4n) is 1.16. The first-order valence-electron chi connectivity index (χ1n) is 4.66. The molecule has 0 aliphatic rings. The Bertz CT molecular complexity index is 456.